The van der Waals surface area contributed by atoms with Crippen molar-refractivity contribution < 1.29 is 9.59 Å². The maximum absolute atomic E-state index is 12.4. The van der Waals surface area contributed by atoms with E-state index in [4.69, 9.17) is 0 Å². The second-order valence-electron chi connectivity index (χ2n) is 7.83. The van der Waals surface area contributed by atoms with E-state index >= 15 is 0 Å². The Hall–Kier alpha value is -1.49. The van der Waals surface area contributed by atoms with Crippen LogP contribution in [0.4, 0.5) is 4.79 Å². The lowest BCUT2D eigenvalue weighted by Gasteiger charge is -2.26. The van der Waals surface area contributed by atoms with Gasteiger partial charge >= 0.3 is 0 Å². The molecule has 3 rings (SSSR count). The molecule has 1 aromatic rings. The second-order valence-corrected chi connectivity index (χ2v) is 8.87. The van der Waals surface area contributed by atoms with E-state index in [1.54, 1.807) is 4.90 Å². The van der Waals surface area contributed by atoms with Crippen LogP contribution in [0.2, 0.25) is 0 Å². The maximum Gasteiger partial charge on any atom is 0.282 e. The van der Waals surface area contributed by atoms with E-state index in [1.165, 1.54) is 49.4 Å². The number of hydrogen-bond acceptors (Lipinski definition) is 3. The molecule has 0 unspecified atom stereocenters. The molecule has 142 valence electrons. The molecule has 1 aliphatic heterocycles. The first-order valence-corrected chi connectivity index (χ1v) is 10.8. The Morgan fingerprint density at radius 1 is 1.19 bits per heavy atom. The zero-order valence-corrected chi connectivity index (χ0v) is 16.7. The number of carbonyl (C=O) groups is 2. The molecule has 4 nitrogen and oxygen atoms in total. The molecule has 1 saturated heterocycles. The first kappa shape index (κ1) is 19.3. The van der Waals surface area contributed by atoms with E-state index in [0.717, 1.165) is 11.3 Å². The van der Waals surface area contributed by atoms with Gasteiger partial charge in [-0.1, -0.05) is 69.1 Å². The molecular formula is C21H30N2O2S. The van der Waals surface area contributed by atoms with E-state index in [0.29, 0.717) is 18.4 Å². The highest BCUT2D eigenvalue weighted by Gasteiger charge is 2.25. The van der Waals surface area contributed by atoms with Crippen LogP contribution in [0, 0.1) is 5.92 Å². The van der Waals surface area contributed by atoms with Gasteiger partial charge in [-0.25, -0.2) is 0 Å². The van der Waals surface area contributed by atoms with Crippen molar-refractivity contribution in [1.82, 2.24) is 10.2 Å². The van der Waals surface area contributed by atoms with E-state index < -0.39 is 0 Å². The lowest BCUT2D eigenvalue weighted by Crippen LogP contribution is -2.40. The van der Waals surface area contributed by atoms with Gasteiger partial charge < -0.3 is 10.2 Å². The molecule has 2 fully saturated rings. The molecule has 1 atom stereocenters. The number of nitrogens with zero attached hydrogens (tertiary/aromatic N) is 1. The largest absolute Gasteiger partial charge is 0.347 e. The molecule has 5 heteroatoms. The number of rotatable bonds is 6. The third-order valence-electron chi connectivity index (χ3n) is 5.53. The average Bonchev–Trinajstić information content (AvgIpc) is 3.05. The SMILES string of the molecule is CC(C)[C@@H](NC(=O)CN1CCSC1=O)c1ccc(C2CCCCC2)cc1. The van der Waals surface area contributed by atoms with Gasteiger partial charge in [0.15, 0.2) is 0 Å². The van der Waals surface area contributed by atoms with Gasteiger partial charge in [-0.3, -0.25) is 9.59 Å². The van der Waals surface area contributed by atoms with Crippen LogP contribution in [0.15, 0.2) is 24.3 Å². The number of benzene rings is 1. The smallest absolute Gasteiger partial charge is 0.282 e. The highest BCUT2D eigenvalue weighted by molar-refractivity contribution is 8.13. The Bertz CT molecular complexity index is 623. The number of hydrogen-bond donors (Lipinski definition) is 1. The van der Waals surface area contributed by atoms with Crippen LogP contribution in [0.25, 0.3) is 0 Å². The first-order valence-electron chi connectivity index (χ1n) is 9.85. The van der Waals surface area contributed by atoms with Gasteiger partial charge in [0, 0.05) is 12.3 Å². The molecule has 0 spiro atoms. The Morgan fingerprint density at radius 2 is 1.88 bits per heavy atom. The summed E-state index contributed by atoms with van der Waals surface area (Å²) in [6.45, 7) is 5.07. The van der Waals surface area contributed by atoms with E-state index in [-0.39, 0.29) is 23.7 Å². The number of carbonyl (C=O) groups excluding carboxylic acids is 2. The van der Waals surface area contributed by atoms with Gasteiger partial charge in [0.25, 0.3) is 5.24 Å². The third kappa shape index (κ3) is 4.81. The molecule has 2 amide bonds. The maximum atomic E-state index is 12.4. The first-order chi connectivity index (χ1) is 12.5. The number of nitrogens with one attached hydrogen (secondary N) is 1. The van der Waals surface area contributed by atoms with Gasteiger partial charge in [-0.2, -0.15) is 0 Å². The summed E-state index contributed by atoms with van der Waals surface area (Å²) in [7, 11) is 0. The highest BCUT2D eigenvalue weighted by Crippen LogP contribution is 2.33. The molecule has 0 aromatic heterocycles. The lowest BCUT2D eigenvalue weighted by molar-refractivity contribution is -0.122. The average molecular weight is 375 g/mol. The summed E-state index contributed by atoms with van der Waals surface area (Å²) in [5.41, 5.74) is 2.58. The summed E-state index contributed by atoms with van der Waals surface area (Å²) in [6, 6.07) is 8.81. The van der Waals surface area contributed by atoms with E-state index in [2.05, 4.69) is 43.4 Å². The zero-order valence-electron chi connectivity index (χ0n) is 15.9. The molecular weight excluding hydrogens is 344 g/mol. The van der Waals surface area contributed by atoms with Crippen LogP contribution in [-0.4, -0.2) is 34.9 Å². The van der Waals surface area contributed by atoms with Crippen molar-refractivity contribution in [2.75, 3.05) is 18.8 Å². The zero-order chi connectivity index (χ0) is 18.5. The van der Waals surface area contributed by atoms with Crippen LogP contribution in [0.5, 0.6) is 0 Å². The predicted molar refractivity (Wildman–Crippen MR) is 107 cm³/mol. The van der Waals surface area contributed by atoms with Gasteiger partial charge in [-0.05, 0) is 35.8 Å². The number of thioether (sulfide) groups is 1. The molecule has 1 aromatic carbocycles. The summed E-state index contributed by atoms with van der Waals surface area (Å²) in [6.07, 6.45) is 6.64. The van der Waals surface area contributed by atoms with Gasteiger partial charge in [0.05, 0.1) is 6.04 Å². The molecule has 26 heavy (non-hydrogen) atoms. The monoisotopic (exact) mass is 374 g/mol. The molecule has 0 bridgehead atoms. The Balaban J connectivity index is 1.63. The highest BCUT2D eigenvalue weighted by atomic mass is 32.2. The minimum absolute atomic E-state index is 0.0121. The standard InChI is InChI=1S/C21H30N2O2S/c1-15(2)20(22-19(24)14-23-12-13-26-21(23)25)18-10-8-17(9-11-18)16-6-4-3-5-7-16/h8-11,15-16,20H,3-7,12-14H2,1-2H3,(H,22,24)/t20-/m1/s1. The van der Waals surface area contributed by atoms with Crippen LogP contribution in [0.3, 0.4) is 0 Å². The Morgan fingerprint density at radius 3 is 2.46 bits per heavy atom. The fourth-order valence-electron chi connectivity index (χ4n) is 4.01. The topological polar surface area (TPSA) is 49.4 Å². The van der Waals surface area contributed by atoms with Crippen molar-refractivity contribution in [3.05, 3.63) is 35.4 Å². The Kier molecular flexibility index (Phi) is 6.63. The van der Waals surface area contributed by atoms with Crippen molar-refractivity contribution in [3.63, 3.8) is 0 Å². The lowest BCUT2D eigenvalue weighted by atomic mass is 9.83. The van der Waals surface area contributed by atoms with Gasteiger partial charge in [-0.15, -0.1) is 0 Å². The predicted octanol–water partition coefficient (Wildman–Crippen LogP) is 4.72. The normalized spacial score (nSPS) is 19.8. The Labute approximate surface area is 161 Å². The fourth-order valence-corrected chi connectivity index (χ4v) is 4.83. The second kappa shape index (κ2) is 8.94. The van der Waals surface area contributed by atoms with Crippen molar-refractivity contribution in [2.24, 2.45) is 5.92 Å². The van der Waals surface area contributed by atoms with E-state index in [1.807, 2.05) is 0 Å². The summed E-state index contributed by atoms with van der Waals surface area (Å²) in [5.74, 6) is 1.70. The minimum Gasteiger partial charge on any atom is -0.347 e. The quantitative estimate of drug-likeness (QED) is 0.784. The third-order valence-corrected chi connectivity index (χ3v) is 6.43. The van der Waals surface area contributed by atoms with Crippen LogP contribution in [0.1, 0.15) is 69.0 Å². The van der Waals surface area contributed by atoms with Gasteiger partial charge in [0.1, 0.15) is 6.54 Å². The van der Waals surface area contributed by atoms with E-state index in [9.17, 15) is 9.59 Å². The summed E-state index contributed by atoms with van der Waals surface area (Å²) in [5, 5.41) is 3.15. The molecule has 1 heterocycles. The van der Waals surface area contributed by atoms with Crippen LogP contribution in [-0.2, 0) is 4.79 Å². The molecule has 2 aliphatic rings. The van der Waals surface area contributed by atoms with Crippen molar-refractivity contribution >= 4 is 22.9 Å². The summed E-state index contributed by atoms with van der Waals surface area (Å²) >= 11 is 1.29. The number of amides is 2. The van der Waals surface area contributed by atoms with Crippen LogP contribution < -0.4 is 5.32 Å². The molecule has 0 radical (unpaired) electrons. The molecule has 1 saturated carbocycles. The summed E-state index contributed by atoms with van der Waals surface area (Å²) < 4.78 is 0. The van der Waals surface area contributed by atoms with Crippen LogP contribution >= 0.6 is 11.8 Å². The minimum atomic E-state index is -0.0732. The van der Waals surface area contributed by atoms with Crippen molar-refractivity contribution in [3.8, 4) is 0 Å². The molecule has 1 N–H and O–H groups in total. The van der Waals surface area contributed by atoms with Crippen molar-refractivity contribution in [1.29, 1.82) is 0 Å². The molecule has 1 aliphatic carbocycles. The van der Waals surface area contributed by atoms with Crippen molar-refractivity contribution in [2.45, 2.75) is 57.9 Å². The fraction of sp³-hybridized carbons (Fsp3) is 0.619. The summed E-state index contributed by atoms with van der Waals surface area (Å²) in [4.78, 5) is 25.8. The van der Waals surface area contributed by atoms with Gasteiger partial charge in [0.2, 0.25) is 5.91 Å².